The molecule has 12 rings (SSSR count). The van der Waals surface area contributed by atoms with Crippen molar-refractivity contribution >= 4 is 46.4 Å². The van der Waals surface area contributed by atoms with Crippen molar-refractivity contribution in [1.82, 2.24) is 19.6 Å². The first-order valence-corrected chi connectivity index (χ1v) is 40.1. The summed E-state index contributed by atoms with van der Waals surface area (Å²) in [6.45, 7) is 40.4. The normalized spacial score (nSPS) is 24.8. The topological polar surface area (TPSA) is 205 Å². The minimum atomic E-state index is -0.514. The van der Waals surface area contributed by atoms with Crippen molar-refractivity contribution in [2.24, 2.45) is 0 Å². The predicted molar refractivity (Wildman–Crippen MR) is 421 cm³/mol. The lowest BCUT2D eigenvalue weighted by Crippen LogP contribution is -2.48. The molecular weight excluding hydrogens is 1380 g/mol. The summed E-state index contributed by atoms with van der Waals surface area (Å²) in [5, 5.41) is 0. The Morgan fingerprint density at radius 1 is 0.315 bits per heavy atom. The zero-order chi connectivity index (χ0) is 77.1. The summed E-state index contributed by atoms with van der Waals surface area (Å²) in [6.07, 6.45) is 13.6. The number of carbonyl (C=O) groups is 4. The Balaban J connectivity index is 0.000000167. The fourth-order valence-corrected chi connectivity index (χ4v) is 14.6. The van der Waals surface area contributed by atoms with Gasteiger partial charge in [-0.25, -0.2) is 0 Å². The van der Waals surface area contributed by atoms with E-state index in [1.807, 2.05) is 95.8 Å². The van der Waals surface area contributed by atoms with E-state index in [2.05, 4.69) is 95.8 Å². The van der Waals surface area contributed by atoms with Crippen molar-refractivity contribution in [3.63, 3.8) is 0 Å². The van der Waals surface area contributed by atoms with E-state index in [9.17, 15) is 19.2 Å². The van der Waals surface area contributed by atoms with Crippen LogP contribution in [0, 0.1) is 0 Å². The predicted octanol–water partition coefficient (Wildman–Crippen LogP) is 12.2. The third kappa shape index (κ3) is 27.1. The van der Waals surface area contributed by atoms with E-state index in [1.54, 1.807) is 27.7 Å². The van der Waals surface area contributed by atoms with E-state index in [4.69, 9.17) is 56.8 Å². The maximum absolute atomic E-state index is 11.5. The first kappa shape index (κ1) is 84.9. The highest BCUT2D eigenvalue weighted by Gasteiger charge is 2.40. The van der Waals surface area contributed by atoms with Crippen molar-refractivity contribution in [2.75, 3.05) is 177 Å². The average molecular weight is 1510 g/mol. The van der Waals surface area contributed by atoms with Gasteiger partial charge in [-0.05, 0) is 145 Å². The Morgan fingerprint density at radius 2 is 0.565 bits per heavy atom. The minimum Gasteiger partial charge on any atom is -0.491 e. The van der Waals surface area contributed by atoms with Gasteiger partial charge >= 0.3 is 0 Å². The van der Waals surface area contributed by atoms with Crippen LogP contribution in [0.5, 0.6) is 23.0 Å². The van der Waals surface area contributed by atoms with Crippen molar-refractivity contribution in [1.29, 1.82) is 0 Å². The molecule has 8 heterocycles. The number of carbonyl (C=O) groups excluding carboxylic acids is 4. The fourth-order valence-electron chi connectivity index (χ4n) is 14.6. The number of unbranched alkanes of at least 4 members (excludes halogenated alkanes) is 6. The number of amides is 4. The summed E-state index contributed by atoms with van der Waals surface area (Å²) in [5.41, 5.74) is 4.66. The van der Waals surface area contributed by atoms with Gasteiger partial charge in [0.25, 0.3) is 0 Å². The van der Waals surface area contributed by atoms with E-state index in [1.165, 1.54) is 37.8 Å². The lowest BCUT2D eigenvalue weighted by atomic mass is 10.1. The zero-order valence-corrected chi connectivity index (χ0v) is 67.1. The number of hydrogen-bond acceptors (Lipinski definition) is 20. The molecule has 0 aliphatic carbocycles. The summed E-state index contributed by atoms with van der Waals surface area (Å²) < 4.78 is 70.5. The molecule has 0 aromatic heterocycles. The van der Waals surface area contributed by atoms with Crippen LogP contribution in [-0.4, -0.2) is 248 Å². The number of benzene rings is 4. The lowest BCUT2D eigenvalue weighted by molar-refractivity contribution is -0.162. The van der Waals surface area contributed by atoms with E-state index in [0.29, 0.717) is 52.9 Å². The second-order valence-electron chi connectivity index (χ2n) is 30.6. The molecule has 7 atom stereocenters. The van der Waals surface area contributed by atoms with Crippen LogP contribution in [0.2, 0.25) is 0 Å². The molecule has 0 bridgehead atoms. The van der Waals surface area contributed by atoms with Gasteiger partial charge in [-0.2, -0.15) is 0 Å². The number of nitrogens with zero attached hydrogens (tertiary/aromatic N) is 8. The second-order valence-corrected chi connectivity index (χ2v) is 30.6. The monoisotopic (exact) mass is 1500 g/mol. The van der Waals surface area contributed by atoms with Crippen LogP contribution in [0.4, 0.5) is 22.7 Å². The highest BCUT2D eigenvalue weighted by Crippen LogP contribution is 2.34. The standard InChI is InChI=1S/C25H40N2O4.C21H32N2O4.C20H30N2O4.C18H26N2O4/c1-4-5-6-7-8-9-14-25(3)30-20-24(31-25)19-29-23-12-10-22(11-13-23)27-17-15-26(16-18-27)21(2)28;1-4-5-10-21(3)26-16-20(27-21)15-25-19-8-6-18(7-9-19)23-13-11-22(12-14-23)17(2)24;1-4-9-20(3)25-15-19(26-20)14-24-18-7-5-17(6-8-18)22-12-10-21(11-13-22)16(2)23;1-14(21)19-8-10-20(11-9-19)15-4-6-16(7-5-15)22-12-17-13-23-18(2,3)24-17/h10-13,24H,4-9,14-20H2,1-3H3;6-9,20H,4-5,10-16H2,1-3H3;5-8,19H,4,9-15H2,1-3H3;4-7,17H,8-13H2,1-3H3. The average Bonchev–Trinajstić information content (AvgIpc) is 1.49. The van der Waals surface area contributed by atoms with E-state index in [0.717, 1.165) is 190 Å². The number of rotatable bonds is 28. The van der Waals surface area contributed by atoms with Gasteiger partial charge in [-0.15, -0.1) is 0 Å². The summed E-state index contributed by atoms with van der Waals surface area (Å²) in [6, 6.07) is 32.6. The molecule has 8 saturated heterocycles. The third-order valence-electron chi connectivity index (χ3n) is 21.2. The molecule has 108 heavy (non-hydrogen) atoms. The molecule has 0 radical (unpaired) electrons. The maximum Gasteiger partial charge on any atom is 0.219 e. The molecule has 0 saturated carbocycles. The summed E-state index contributed by atoms with van der Waals surface area (Å²) in [4.78, 5) is 62.5. The smallest absolute Gasteiger partial charge is 0.219 e. The van der Waals surface area contributed by atoms with Gasteiger partial charge in [-0.1, -0.05) is 65.7 Å². The molecule has 7 unspecified atom stereocenters. The molecule has 8 aliphatic heterocycles. The number of piperazine rings is 4. The largest absolute Gasteiger partial charge is 0.491 e. The van der Waals surface area contributed by atoms with E-state index >= 15 is 0 Å². The number of hydrogen-bond donors (Lipinski definition) is 0. The molecule has 0 spiro atoms. The van der Waals surface area contributed by atoms with Crippen LogP contribution in [0.25, 0.3) is 0 Å². The molecule has 4 amide bonds. The van der Waals surface area contributed by atoms with Crippen molar-refractivity contribution in [2.45, 2.75) is 208 Å². The van der Waals surface area contributed by atoms with Crippen LogP contribution in [-0.2, 0) is 57.1 Å². The maximum atomic E-state index is 11.5. The van der Waals surface area contributed by atoms with Crippen molar-refractivity contribution < 1.29 is 76.0 Å². The van der Waals surface area contributed by atoms with Crippen LogP contribution in [0.1, 0.15) is 160 Å². The summed E-state index contributed by atoms with van der Waals surface area (Å²) >= 11 is 0. The van der Waals surface area contributed by atoms with E-state index in [-0.39, 0.29) is 48.0 Å². The minimum absolute atomic E-state index is 0.0220. The van der Waals surface area contributed by atoms with E-state index < -0.39 is 23.1 Å². The van der Waals surface area contributed by atoms with Crippen molar-refractivity contribution in [3.05, 3.63) is 97.1 Å². The SMILES string of the molecule is CC(=O)N1CCN(c2ccc(OCC3COC(C)(C)O3)cc2)CC1.CCCC1(C)OCC(COc2ccc(N3CCN(C(C)=O)CC3)cc2)O1.CCCCC1(C)OCC(COc2ccc(N3CCN(C(C)=O)CC3)cc2)O1.CCCCCCCCC1(C)OCC(COc2ccc(N3CCN(C(C)=O)CC3)cc2)O1. The van der Waals surface area contributed by atoms with Gasteiger partial charge in [0.05, 0.1) is 26.4 Å². The summed E-state index contributed by atoms with van der Waals surface area (Å²) in [5.74, 6) is 2.06. The van der Waals surface area contributed by atoms with Crippen LogP contribution in [0.3, 0.4) is 0 Å². The van der Waals surface area contributed by atoms with Gasteiger partial charge in [-0.3, -0.25) is 19.2 Å². The Bertz CT molecular complexity index is 3320. The van der Waals surface area contributed by atoms with Gasteiger partial charge in [0, 0.05) is 174 Å². The molecule has 4 aromatic carbocycles. The Labute approximate surface area is 644 Å². The molecule has 0 N–H and O–H groups in total. The quantitative estimate of drug-likeness (QED) is 0.0485. The lowest BCUT2D eigenvalue weighted by Gasteiger charge is -2.35. The van der Waals surface area contributed by atoms with Crippen LogP contribution < -0.4 is 38.5 Å². The zero-order valence-electron chi connectivity index (χ0n) is 67.1. The fraction of sp³-hybridized carbons (Fsp3) is 0.667. The van der Waals surface area contributed by atoms with Gasteiger partial charge in [0.2, 0.25) is 23.6 Å². The highest BCUT2D eigenvalue weighted by molar-refractivity contribution is 5.75. The first-order chi connectivity index (χ1) is 51.9. The summed E-state index contributed by atoms with van der Waals surface area (Å²) in [7, 11) is 0. The molecule has 4 aromatic rings. The first-order valence-electron chi connectivity index (χ1n) is 40.1. The van der Waals surface area contributed by atoms with Crippen LogP contribution >= 0.6 is 0 Å². The molecule has 8 fully saturated rings. The Hall–Kier alpha value is -7.16. The second kappa shape index (κ2) is 41.8. The molecule has 24 heteroatoms. The third-order valence-corrected chi connectivity index (χ3v) is 21.2. The Kier molecular flexibility index (Phi) is 32.8. The number of ether oxygens (including phenoxy) is 12. The van der Waals surface area contributed by atoms with Crippen molar-refractivity contribution in [3.8, 4) is 23.0 Å². The highest BCUT2D eigenvalue weighted by atomic mass is 16.8. The molecule has 8 aliphatic rings. The van der Waals surface area contributed by atoms with Gasteiger partial charge in [0.15, 0.2) is 23.1 Å². The van der Waals surface area contributed by atoms with Gasteiger partial charge < -0.3 is 96.0 Å². The van der Waals surface area contributed by atoms with Crippen LogP contribution in [0.15, 0.2) is 97.1 Å². The molecule has 24 nitrogen and oxygen atoms in total. The number of anilines is 4. The molecular formula is C84H128N8O16. The molecule has 600 valence electrons. The van der Waals surface area contributed by atoms with Gasteiger partial charge in [0.1, 0.15) is 73.8 Å². The Morgan fingerprint density at radius 3 is 0.824 bits per heavy atom.